The topological polar surface area (TPSA) is 109 Å². The zero-order valence-electron chi connectivity index (χ0n) is 11.6. The Hall–Kier alpha value is -2.03. The molecule has 0 fully saturated rings. The van der Waals surface area contributed by atoms with Gasteiger partial charge >= 0.3 is 5.97 Å². The van der Waals surface area contributed by atoms with Gasteiger partial charge in [0.1, 0.15) is 5.69 Å². The van der Waals surface area contributed by atoms with Gasteiger partial charge in [0, 0.05) is 20.3 Å². The summed E-state index contributed by atoms with van der Waals surface area (Å²) in [6.45, 7) is 1.09. The molecular weight excluding hydrogens is 286 g/mol. The highest BCUT2D eigenvalue weighted by atomic mass is 32.2. The molecule has 1 aromatic rings. The van der Waals surface area contributed by atoms with Crippen molar-refractivity contribution in [3.63, 3.8) is 0 Å². The van der Waals surface area contributed by atoms with Gasteiger partial charge in [-0.1, -0.05) is 0 Å². The molecule has 0 bridgehead atoms. The highest BCUT2D eigenvalue weighted by Crippen LogP contribution is 2.33. The minimum atomic E-state index is -4.10. The molecule has 1 aromatic heterocycles. The molecule has 0 amide bonds. The van der Waals surface area contributed by atoms with Gasteiger partial charge in [-0.3, -0.25) is 9.52 Å². The summed E-state index contributed by atoms with van der Waals surface area (Å²) in [7, 11) is 0.681. The summed E-state index contributed by atoms with van der Waals surface area (Å²) in [6, 6.07) is 1.59. The zero-order valence-corrected chi connectivity index (χ0v) is 12.4. The summed E-state index contributed by atoms with van der Waals surface area (Å²) in [4.78, 5) is 16.4. The van der Waals surface area contributed by atoms with E-state index >= 15 is 0 Å². The van der Waals surface area contributed by atoms with Crippen LogP contribution in [0, 0.1) is 0 Å². The number of sulfonamides is 1. The molecule has 0 spiro atoms. The summed E-state index contributed by atoms with van der Waals surface area (Å²) in [5, 5.41) is 7.23. The van der Waals surface area contributed by atoms with Gasteiger partial charge in [-0.2, -0.15) is 0 Å². The smallest absolute Gasteiger partial charge is 0.323 e. The van der Waals surface area contributed by atoms with Gasteiger partial charge in [-0.25, -0.2) is 13.4 Å². The number of hydrogen-bond acceptors (Lipinski definition) is 6. The first kappa shape index (κ1) is 16.0. The lowest BCUT2D eigenvalue weighted by molar-refractivity contribution is -0.136. The average molecular weight is 303 g/mol. The van der Waals surface area contributed by atoms with Crippen molar-refractivity contribution >= 4 is 27.4 Å². The number of nitrogens with one attached hydrogen (secondary N) is 1. The third kappa shape index (κ3) is 3.29. The molecule has 0 aliphatic carbocycles. The van der Waals surface area contributed by atoms with E-state index in [1.165, 1.54) is 13.3 Å². The van der Waals surface area contributed by atoms with Gasteiger partial charge in [0.25, 0.3) is 0 Å². The summed E-state index contributed by atoms with van der Waals surface area (Å²) >= 11 is 0. The first-order valence-electron chi connectivity index (χ1n) is 5.65. The van der Waals surface area contributed by atoms with Crippen molar-refractivity contribution in [2.75, 3.05) is 30.8 Å². The van der Waals surface area contributed by atoms with Crippen LogP contribution in [-0.2, 0) is 14.8 Å². The number of ether oxygens (including phenoxy) is 1. The van der Waals surface area contributed by atoms with E-state index in [0.29, 0.717) is 5.69 Å². The molecule has 0 saturated heterocycles. The van der Waals surface area contributed by atoms with Crippen LogP contribution in [0.2, 0.25) is 0 Å². The Bertz CT molecular complexity index is 600. The number of anilines is 2. The fourth-order valence-electron chi connectivity index (χ4n) is 1.42. The van der Waals surface area contributed by atoms with Gasteiger partial charge in [0.05, 0.1) is 12.8 Å². The van der Waals surface area contributed by atoms with E-state index in [2.05, 4.69) is 9.71 Å². The Balaban J connectivity index is 3.30. The normalized spacial score (nSPS) is 12.6. The third-order valence-electron chi connectivity index (χ3n) is 2.63. The molecule has 112 valence electrons. The van der Waals surface area contributed by atoms with E-state index in [-0.39, 0.29) is 11.6 Å². The van der Waals surface area contributed by atoms with Crippen molar-refractivity contribution in [3.05, 3.63) is 12.3 Å². The van der Waals surface area contributed by atoms with Crippen molar-refractivity contribution in [2.45, 2.75) is 12.2 Å². The number of aromatic nitrogens is 1. The summed E-state index contributed by atoms with van der Waals surface area (Å²) in [6.07, 6.45) is 1.46. The molecule has 0 radical (unpaired) electrons. The maximum absolute atomic E-state index is 12.0. The molecule has 9 heteroatoms. The predicted molar refractivity (Wildman–Crippen MR) is 74.8 cm³/mol. The highest BCUT2D eigenvalue weighted by molar-refractivity contribution is 7.94. The van der Waals surface area contributed by atoms with Crippen LogP contribution in [-0.4, -0.2) is 50.9 Å². The molecule has 0 saturated carbocycles. The van der Waals surface area contributed by atoms with Crippen LogP contribution in [0.4, 0.5) is 11.4 Å². The Morgan fingerprint density at radius 3 is 2.55 bits per heavy atom. The van der Waals surface area contributed by atoms with Crippen LogP contribution in [0.15, 0.2) is 12.3 Å². The van der Waals surface area contributed by atoms with Gasteiger partial charge in [-0.05, 0) is 13.0 Å². The molecule has 1 atom stereocenters. The minimum absolute atomic E-state index is 0.0670. The van der Waals surface area contributed by atoms with Crippen molar-refractivity contribution in [2.24, 2.45) is 0 Å². The molecule has 0 aliphatic heterocycles. The van der Waals surface area contributed by atoms with Crippen LogP contribution in [0.25, 0.3) is 0 Å². The van der Waals surface area contributed by atoms with E-state index < -0.39 is 21.2 Å². The van der Waals surface area contributed by atoms with Gasteiger partial charge < -0.3 is 14.7 Å². The molecule has 1 unspecified atom stereocenters. The fourth-order valence-corrected chi connectivity index (χ4v) is 2.34. The molecule has 1 rings (SSSR count). The summed E-state index contributed by atoms with van der Waals surface area (Å²) in [5.74, 6) is -1.37. The lowest BCUT2D eigenvalue weighted by Crippen LogP contribution is -2.32. The first-order chi connectivity index (χ1) is 9.20. The Kier molecular flexibility index (Phi) is 4.77. The number of carbonyl (C=O) groups is 1. The van der Waals surface area contributed by atoms with Crippen LogP contribution >= 0.6 is 0 Å². The lowest BCUT2D eigenvalue weighted by Gasteiger charge is -2.20. The van der Waals surface area contributed by atoms with E-state index in [9.17, 15) is 13.2 Å². The number of hydrogen-bond donors (Lipinski definition) is 2. The van der Waals surface area contributed by atoms with Crippen LogP contribution in [0.1, 0.15) is 6.92 Å². The Labute approximate surface area is 117 Å². The van der Waals surface area contributed by atoms with Crippen LogP contribution < -0.4 is 14.4 Å². The maximum Gasteiger partial charge on any atom is 0.323 e. The molecular formula is C11H17N3O5S. The van der Waals surface area contributed by atoms with Crippen molar-refractivity contribution in [1.29, 1.82) is 0 Å². The van der Waals surface area contributed by atoms with E-state index in [1.807, 2.05) is 0 Å². The maximum atomic E-state index is 12.0. The number of methoxy groups -OCH3 is 1. The summed E-state index contributed by atoms with van der Waals surface area (Å²) < 4.78 is 31.2. The van der Waals surface area contributed by atoms with Crippen LogP contribution in [0.3, 0.4) is 0 Å². The Morgan fingerprint density at radius 1 is 1.50 bits per heavy atom. The number of nitrogens with zero attached hydrogens (tertiary/aromatic N) is 2. The number of carboxylic acid groups (broad SMARTS) is 1. The molecule has 1 heterocycles. The molecule has 8 nitrogen and oxygen atoms in total. The quantitative estimate of drug-likeness (QED) is 0.781. The summed E-state index contributed by atoms with van der Waals surface area (Å²) in [5.41, 5.74) is 0.617. The largest absolute Gasteiger partial charge is 0.480 e. The third-order valence-corrected chi connectivity index (χ3v) is 4.25. The standard InChI is InChI=1S/C11H17N3O5S/c1-7(11(15)16)20(17,18)13-9-8(14(2)3)5-6-12-10(9)19-4/h5-7,13H,1-4H3,(H,15,16). The van der Waals surface area contributed by atoms with Crippen molar-refractivity contribution in [1.82, 2.24) is 4.98 Å². The molecule has 20 heavy (non-hydrogen) atoms. The predicted octanol–water partition coefficient (Wildman–Crippen LogP) is 0.371. The lowest BCUT2D eigenvalue weighted by atomic mass is 10.3. The number of aliphatic carboxylic acids is 1. The molecule has 2 N–H and O–H groups in total. The highest BCUT2D eigenvalue weighted by Gasteiger charge is 2.29. The Morgan fingerprint density at radius 2 is 2.10 bits per heavy atom. The second-order valence-electron chi connectivity index (χ2n) is 4.24. The SMILES string of the molecule is COc1nccc(N(C)C)c1NS(=O)(=O)C(C)C(=O)O. The van der Waals surface area contributed by atoms with E-state index in [4.69, 9.17) is 9.84 Å². The van der Waals surface area contributed by atoms with Gasteiger partial charge in [0.15, 0.2) is 5.25 Å². The van der Waals surface area contributed by atoms with Crippen LogP contribution in [0.5, 0.6) is 5.88 Å². The fraction of sp³-hybridized carbons (Fsp3) is 0.455. The average Bonchev–Trinajstić information content (AvgIpc) is 2.37. The number of pyridine rings is 1. The molecule has 0 aliphatic rings. The minimum Gasteiger partial charge on any atom is -0.480 e. The number of carboxylic acids is 1. The van der Waals surface area contributed by atoms with E-state index in [1.54, 1.807) is 25.1 Å². The van der Waals surface area contributed by atoms with Crippen molar-refractivity contribution in [3.8, 4) is 5.88 Å². The first-order valence-corrected chi connectivity index (χ1v) is 7.20. The monoisotopic (exact) mass is 303 g/mol. The number of rotatable bonds is 6. The molecule has 0 aromatic carbocycles. The van der Waals surface area contributed by atoms with Crippen molar-refractivity contribution < 1.29 is 23.1 Å². The van der Waals surface area contributed by atoms with Gasteiger partial charge in [0.2, 0.25) is 15.9 Å². The second kappa shape index (κ2) is 5.95. The second-order valence-corrected chi connectivity index (χ2v) is 6.24. The van der Waals surface area contributed by atoms with E-state index in [0.717, 1.165) is 6.92 Å². The zero-order chi connectivity index (χ0) is 15.5. The van der Waals surface area contributed by atoms with Gasteiger partial charge in [-0.15, -0.1) is 0 Å².